The van der Waals surface area contributed by atoms with E-state index in [-0.39, 0.29) is 88.8 Å². The predicted octanol–water partition coefficient (Wildman–Crippen LogP) is 8.04. The van der Waals surface area contributed by atoms with Crippen LogP contribution in [0, 0.1) is 28.0 Å². The van der Waals surface area contributed by atoms with Crippen molar-refractivity contribution >= 4 is 63.6 Å². The van der Waals surface area contributed by atoms with Crippen LogP contribution in [0.5, 0.6) is 0 Å². The van der Waals surface area contributed by atoms with Crippen molar-refractivity contribution in [1.82, 2.24) is 9.47 Å². The van der Waals surface area contributed by atoms with Crippen molar-refractivity contribution in [2.24, 2.45) is 27.9 Å². The lowest BCUT2D eigenvalue weighted by Gasteiger charge is -2.48. The van der Waals surface area contributed by atoms with E-state index in [0.29, 0.717) is 48.8 Å². The Morgan fingerprint density at radius 3 is 2.41 bits per heavy atom. The molecular weight excluding hydrogens is 890 g/mol. The average Bonchev–Trinajstić information content (AvgIpc) is 4.15. The maximum atomic E-state index is 15.9. The highest BCUT2D eigenvalue weighted by Gasteiger charge is 2.56. The monoisotopic (exact) mass is 952 g/mol. The Morgan fingerprint density at radius 1 is 1.08 bits per heavy atom. The maximum Gasteiger partial charge on any atom is 0.343 e. The highest BCUT2D eigenvalue weighted by atomic mass is 35.5. The third-order valence-corrected chi connectivity index (χ3v) is 18.6. The van der Waals surface area contributed by atoms with Crippen molar-refractivity contribution in [1.29, 1.82) is 0 Å². The fraction of sp³-hybridized carbons (Fsp3) is 0.660. The van der Waals surface area contributed by atoms with Crippen molar-refractivity contribution in [3.8, 4) is 0 Å². The van der Waals surface area contributed by atoms with E-state index in [4.69, 9.17) is 31.5 Å². The number of hydrogen-bond donors (Lipinski definition) is 1. The van der Waals surface area contributed by atoms with E-state index in [9.17, 15) is 28.4 Å². The van der Waals surface area contributed by atoms with Crippen LogP contribution >= 0.6 is 23.4 Å². The molecule has 4 heterocycles. The summed E-state index contributed by atoms with van der Waals surface area (Å²) in [6, 6.07) is 1.31. The second-order valence-corrected chi connectivity index (χ2v) is 22.7. The van der Waals surface area contributed by atoms with Crippen molar-refractivity contribution in [2.45, 2.75) is 153 Å². The van der Waals surface area contributed by atoms with E-state index in [1.807, 2.05) is 27.7 Å². The smallest absolute Gasteiger partial charge is 0.343 e. The number of nitrogens with zero attached hydrogens (tertiary/aromatic N) is 3. The zero-order chi connectivity index (χ0) is 47.2. The van der Waals surface area contributed by atoms with E-state index in [0.717, 1.165) is 37.3 Å². The first-order valence-corrected chi connectivity index (χ1v) is 25.2. The zero-order valence-corrected chi connectivity index (χ0v) is 40.2. The highest BCUT2D eigenvalue weighted by Crippen LogP contribution is 2.56. The van der Waals surface area contributed by atoms with Gasteiger partial charge in [0.15, 0.2) is 5.78 Å². The lowest BCUT2D eigenvalue weighted by molar-refractivity contribution is -0.166. The summed E-state index contributed by atoms with van der Waals surface area (Å²) in [6.07, 6.45) is 7.79. The van der Waals surface area contributed by atoms with Crippen molar-refractivity contribution in [3.63, 3.8) is 0 Å². The number of esters is 3. The molecule has 1 aromatic heterocycles. The summed E-state index contributed by atoms with van der Waals surface area (Å²) in [5.74, 6) is -2.75. The Hall–Kier alpha value is -3.79. The Morgan fingerprint density at radius 2 is 1.77 bits per heavy atom. The Balaban J connectivity index is 0.867. The molecule has 10 atom stereocenters. The van der Waals surface area contributed by atoms with E-state index < -0.39 is 64.0 Å². The minimum absolute atomic E-state index is 0.00427. The quantitative estimate of drug-likeness (QED) is 0.0896. The molecule has 3 saturated heterocycles. The summed E-state index contributed by atoms with van der Waals surface area (Å²) < 4.78 is 50.2. The minimum Gasteiger partial charge on any atom is -0.462 e. The molecule has 9 rings (SSSR count). The molecule has 1 spiro atoms. The second kappa shape index (κ2) is 17.6. The number of pyridine rings is 1. The van der Waals surface area contributed by atoms with Gasteiger partial charge in [-0.05, 0) is 77.0 Å². The first-order valence-electron chi connectivity index (χ1n) is 23.8. The second-order valence-electron chi connectivity index (χ2n) is 21.0. The fourth-order valence-corrected chi connectivity index (χ4v) is 13.9. The lowest BCUT2D eigenvalue weighted by Crippen LogP contribution is -2.50. The molecule has 3 saturated carbocycles. The van der Waals surface area contributed by atoms with Gasteiger partial charge in [0, 0.05) is 96.1 Å². The van der Waals surface area contributed by atoms with E-state index in [1.54, 1.807) is 22.7 Å². The molecule has 16 heteroatoms. The van der Waals surface area contributed by atoms with Crippen LogP contribution < -0.4 is 16.1 Å². The predicted molar refractivity (Wildman–Crippen MR) is 250 cm³/mol. The number of Topliss-reactive ketones (excluding diaryl/α,β-unsaturated/α-hetero) is 1. The van der Waals surface area contributed by atoms with Crippen molar-refractivity contribution in [2.75, 3.05) is 37.4 Å². The number of aromatic nitrogens is 1. The molecule has 358 valence electrons. The van der Waals surface area contributed by atoms with Gasteiger partial charge in [0.2, 0.25) is 5.43 Å². The largest absolute Gasteiger partial charge is 0.462 e. The van der Waals surface area contributed by atoms with Gasteiger partial charge in [0.05, 0.1) is 40.0 Å². The van der Waals surface area contributed by atoms with Gasteiger partial charge in [0.25, 0.3) is 0 Å². The molecule has 0 amide bonds. The van der Waals surface area contributed by atoms with Crippen LogP contribution in [-0.4, -0.2) is 107 Å². The summed E-state index contributed by atoms with van der Waals surface area (Å²) in [5.41, 5.74) is 5.19. The van der Waals surface area contributed by atoms with Gasteiger partial charge in [-0.2, -0.15) is 0 Å². The van der Waals surface area contributed by atoms with Crippen LogP contribution in [0.4, 0.5) is 14.5 Å². The summed E-state index contributed by atoms with van der Waals surface area (Å²) in [6.45, 7) is 12.6. The van der Waals surface area contributed by atoms with E-state index in [2.05, 4.69) is 18.5 Å². The number of ether oxygens (including phenoxy) is 3. The average molecular weight is 954 g/mol. The van der Waals surface area contributed by atoms with Crippen molar-refractivity contribution < 1.29 is 42.2 Å². The number of hydrogen-bond acceptors (Lipinski definition) is 12. The first kappa shape index (κ1) is 47.3. The molecule has 1 aromatic carbocycles. The number of halogens is 3. The molecule has 4 aliphatic carbocycles. The Labute approximate surface area is 394 Å². The first-order chi connectivity index (χ1) is 31.3. The number of carbonyl (C=O) groups excluding carboxylic acids is 4. The summed E-state index contributed by atoms with van der Waals surface area (Å²) >= 11 is 8.54. The normalized spacial score (nSPS) is 35.7. The number of fused-ring (bicyclic) bond motifs is 4. The molecule has 2 N–H and O–H groups in total. The number of carbonyl (C=O) groups is 4. The molecule has 6 fully saturated rings. The van der Waals surface area contributed by atoms with Crippen LogP contribution in [0.3, 0.4) is 0 Å². The molecule has 0 radical (unpaired) electrons. The third-order valence-electron chi connectivity index (χ3n) is 16.9. The lowest BCUT2D eigenvalue weighted by atomic mass is 9.60. The SMILES string of the molecule is C=C[C@@]1(C)C[C@H](OC(=O)CSC2CC3CCC(C2)N3C)/C(C)=C2/C(=O)CCC2(C)[C@H](C)C1OC(=O)CCCOC(=O)c1cn(C2C[C@@H]2F)c2c(Cl)c(N3C[C@@H](N)C4(CC4)C3)c(F)cc2c1=O. The van der Waals surface area contributed by atoms with Gasteiger partial charge < -0.3 is 34.3 Å². The molecule has 5 unspecified atom stereocenters. The molecule has 66 heavy (non-hydrogen) atoms. The summed E-state index contributed by atoms with van der Waals surface area (Å²) in [7, 11) is 2.19. The highest BCUT2D eigenvalue weighted by molar-refractivity contribution is 8.00. The summed E-state index contributed by atoms with van der Waals surface area (Å²) in [5, 5.41) is 0.186. The molecule has 2 aromatic rings. The van der Waals surface area contributed by atoms with Gasteiger partial charge in [-0.15, -0.1) is 18.3 Å². The number of benzene rings is 1. The Kier molecular flexibility index (Phi) is 12.6. The van der Waals surface area contributed by atoms with Crippen LogP contribution in [0.1, 0.15) is 121 Å². The number of thioether (sulfide) groups is 1. The number of anilines is 1. The van der Waals surface area contributed by atoms with Gasteiger partial charge in [0.1, 0.15) is 29.8 Å². The van der Waals surface area contributed by atoms with Crippen molar-refractivity contribution in [3.05, 3.63) is 62.7 Å². The molecular formula is C50H63ClF2N4O8S. The van der Waals surface area contributed by atoms with Crippen LogP contribution in [-0.2, 0) is 28.6 Å². The van der Waals surface area contributed by atoms with Crippen LogP contribution in [0.2, 0.25) is 5.02 Å². The minimum atomic E-state index is -1.24. The molecule has 7 aliphatic rings. The maximum absolute atomic E-state index is 15.9. The number of rotatable bonds is 13. The van der Waals surface area contributed by atoms with E-state index >= 15 is 4.39 Å². The third kappa shape index (κ3) is 8.33. The molecule has 3 aliphatic heterocycles. The number of alkyl halides is 1. The number of nitrogens with two attached hydrogens (primary N) is 1. The summed E-state index contributed by atoms with van der Waals surface area (Å²) in [4.78, 5) is 72.6. The van der Waals surface area contributed by atoms with Gasteiger partial charge >= 0.3 is 17.9 Å². The number of ketones is 1. The van der Waals surface area contributed by atoms with Gasteiger partial charge in [-0.1, -0.05) is 38.4 Å². The number of piperidine rings is 1. The number of allylic oxidation sites excluding steroid dienone is 1. The fourth-order valence-electron chi connectivity index (χ4n) is 12.3. The molecule has 2 bridgehead atoms. The van der Waals surface area contributed by atoms with Crippen LogP contribution in [0.15, 0.2) is 40.9 Å². The standard InChI is InChI=1S/C50H63ClF2N4O8S/c1-7-48(4)21-37(64-40(60)24-66-30-17-28-10-11-29(18-30)55(28)6)26(2)41-36(58)12-13-49(41,5)27(3)46(48)65-39(59)9-8-16-63-47(62)32-22-57(35-20-33(35)52)43-31(45(32)61)19-34(53)44(42(43)51)56-23-38(54)50(25-56)14-15-50/h7,19,22,27-30,33,35,37-38,46H,1,8-18,20-21,23-25,54H2,2-6H3/b41-26-/t27-,28?,29?,30?,33+,35?,37+,38-,46?,48+,49?/m1/s1. The Bertz CT molecular complexity index is 2450. The molecule has 12 nitrogen and oxygen atoms in total. The zero-order valence-electron chi connectivity index (χ0n) is 38.7. The van der Waals surface area contributed by atoms with Gasteiger partial charge in [-0.3, -0.25) is 19.2 Å². The van der Waals surface area contributed by atoms with Gasteiger partial charge in [-0.25, -0.2) is 13.6 Å². The van der Waals surface area contributed by atoms with Crippen LogP contribution in [0.25, 0.3) is 10.9 Å². The van der Waals surface area contributed by atoms with E-state index in [1.165, 1.54) is 23.6 Å². The topological polar surface area (TPSA) is 150 Å².